The Bertz CT molecular complexity index is 1170. The van der Waals surface area contributed by atoms with Gasteiger partial charge < -0.3 is 5.32 Å². The van der Waals surface area contributed by atoms with Crippen LogP contribution in [0.1, 0.15) is 59.2 Å². The molecule has 2 fully saturated rings. The molecule has 0 radical (unpaired) electrons. The van der Waals surface area contributed by atoms with Crippen LogP contribution in [-0.2, 0) is 19.4 Å². The van der Waals surface area contributed by atoms with Gasteiger partial charge in [0.25, 0.3) is 5.91 Å². The smallest absolute Gasteiger partial charge is 0.251 e. The lowest BCUT2D eigenvalue weighted by molar-refractivity contribution is 0.0933. The molecule has 3 aromatic rings. The van der Waals surface area contributed by atoms with E-state index in [1.807, 2.05) is 24.3 Å². The third kappa shape index (κ3) is 4.27. The number of benzene rings is 3. The zero-order valence-corrected chi connectivity index (χ0v) is 19.5. The zero-order chi connectivity index (χ0) is 23.1. The summed E-state index contributed by atoms with van der Waals surface area (Å²) in [6.45, 7) is 1.09. The summed E-state index contributed by atoms with van der Waals surface area (Å²) in [5.41, 5.74) is 6.85. The number of nitrogens with one attached hydrogen (secondary N) is 1. The Kier molecular flexibility index (Phi) is 5.70. The van der Waals surface area contributed by atoms with Crippen molar-refractivity contribution >= 4 is 5.91 Å². The van der Waals surface area contributed by atoms with Crippen molar-refractivity contribution in [1.82, 2.24) is 10.2 Å². The lowest BCUT2D eigenvalue weighted by Crippen LogP contribution is -2.38. The molecule has 2 heterocycles. The van der Waals surface area contributed by atoms with E-state index in [9.17, 15) is 9.18 Å². The third-order valence-electron chi connectivity index (χ3n) is 8.13. The Hall–Kier alpha value is -2.98. The van der Waals surface area contributed by atoms with Crippen LogP contribution in [-0.4, -0.2) is 28.9 Å². The Balaban J connectivity index is 1.07. The zero-order valence-electron chi connectivity index (χ0n) is 19.5. The summed E-state index contributed by atoms with van der Waals surface area (Å²) in [5.74, 6) is -0.274. The van der Waals surface area contributed by atoms with Crippen LogP contribution in [0.3, 0.4) is 0 Å². The molecule has 1 N–H and O–H groups in total. The Morgan fingerprint density at radius 1 is 0.824 bits per heavy atom. The van der Waals surface area contributed by atoms with Gasteiger partial charge in [0.05, 0.1) is 0 Å². The van der Waals surface area contributed by atoms with Crippen molar-refractivity contribution in [3.05, 3.63) is 94.8 Å². The normalized spacial score (nSPS) is 23.6. The van der Waals surface area contributed by atoms with E-state index in [0.29, 0.717) is 5.56 Å². The summed E-state index contributed by atoms with van der Waals surface area (Å²) >= 11 is 0. The summed E-state index contributed by atoms with van der Waals surface area (Å²) in [6.07, 6.45) is 8.41. The van der Waals surface area contributed by atoms with Crippen LogP contribution in [0.5, 0.6) is 0 Å². The van der Waals surface area contributed by atoms with E-state index < -0.39 is 0 Å². The standard InChI is InChI=1S/C30H31FN2O/c31-26-10-7-22(8-11-26)21-3-5-23(6-4-21)30(34)32-27-12-9-24-17-20(1-2-25(24)18-27)19-33-28-13-14-29(33)16-15-28/h1-8,10-11,17,27-29H,9,12-16,18-19H2,(H,32,34). The third-order valence-corrected chi connectivity index (χ3v) is 8.13. The molecule has 1 aliphatic carbocycles. The highest BCUT2D eigenvalue weighted by molar-refractivity contribution is 5.94. The fraction of sp³-hybridized carbons (Fsp3) is 0.367. The molecule has 0 saturated carbocycles. The van der Waals surface area contributed by atoms with Crippen LogP contribution in [0.25, 0.3) is 11.1 Å². The second kappa shape index (κ2) is 8.99. The first-order valence-electron chi connectivity index (χ1n) is 12.7. The van der Waals surface area contributed by atoms with Gasteiger partial charge in [0, 0.05) is 30.2 Å². The van der Waals surface area contributed by atoms with E-state index in [1.165, 1.54) is 54.5 Å². The molecule has 1 amide bonds. The lowest BCUT2D eigenvalue weighted by atomic mass is 9.87. The van der Waals surface area contributed by atoms with Gasteiger partial charge in [-0.1, -0.05) is 42.5 Å². The molecule has 3 aliphatic rings. The molecule has 2 aliphatic heterocycles. The van der Waals surface area contributed by atoms with Crippen molar-refractivity contribution in [2.75, 3.05) is 0 Å². The number of halogens is 1. The maximum Gasteiger partial charge on any atom is 0.251 e. The molecule has 34 heavy (non-hydrogen) atoms. The maximum absolute atomic E-state index is 13.2. The molecule has 6 rings (SSSR count). The highest BCUT2D eigenvalue weighted by Crippen LogP contribution is 2.38. The van der Waals surface area contributed by atoms with Gasteiger partial charge in [-0.3, -0.25) is 9.69 Å². The molecule has 4 heteroatoms. The van der Waals surface area contributed by atoms with Gasteiger partial charge in [0.1, 0.15) is 5.82 Å². The van der Waals surface area contributed by atoms with E-state index in [4.69, 9.17) is 0 Å². The van der Waals surface area contributed by atoms with E-state index in [0.717, 1.165) is 49.0 Å². The van der Waals surface area contributed by atoms with Gasteiger partial charge in [-0.25, -0.2) is 4.39 Å². The highest BCUT2D eigenvalue weighted by atomic mass is 19.1. The van der Waals surface area contributed by atoms with E-state index in [2.05, 4.69) is 28.4 Å². The average Bonchev–Trinajstić information content (AvgIpc) is 3.43. The predicted molar refractivity (Wildman–Crippen MR) is 133 cm³/mol. The van der Waals surface area contributed by atoms with Gasteiger partial charge in [-0.15, -0.1) is 0 Å². The minimum Gasteiger partial charge on any atom is -0.349 e. The molecule has 2 bridgehead atoms. The van der Waals surface area contributed by atoms with Gasteiger partial charge >= 0.3 is 0 Å². The highest BCUT2D eigenvalue weighted by Gasteiger charge is 2.38. The van der Waals surface area contributed by atoms with Crippen LogP contribution in [0, 0.1) is 5.82 Å². The Morgan fingerprint density at radius 3 is 2.15 bits per heavy atom. The summed E-state index contributed by atoms with van der Waals surface area (Å²) in [5, 5.41) is 3.24. The van der Waals surface area contributed by atoms with Gasteiger partial charge in [0.2, 0.25) is 0 Å². The largest absolute Gasteiger partial charge is 0.349 e. The number of carbonyl (C=O) groups is 1. The number of hydrogen-bond acceptors (Lipinski definition) is 2. The molecule has 1 unspecified atom stereocenters. The molecule has 0 aromatic heterocycles. The maximum atomic E-state index is 13.2. The van der Waals surface area contributed by atoms with E-state index >= 15 is 0 Å². The van der Waals surface area contributed by atoms with E-state index in [1.54, 1.807) is 12.1 Å². The lowest BCUT2D eigenvalue weighted by Gasteiger charge is -2.27. The van der Waals surface area contributed by atoms with Crippen LogP contribution in [0.2, 0.25) is 0 Å². The molecule has 3 aromatic carbocycles. The first kappa shape index (κ1) is 21.5. The van der Waals surface area contributed by atoms with Gasteiger partial charge in [-0.2, -0.15) is 0 Å². The van der Waals surface area contributed by atoms with Crippen molar-refractivity contribution in [1.29, 1.82) is 0 Å². The van der Waals surface area contributed by atoms with Crippen molar-refractivity contribution in [3.63, 3.8) is 0 Å². The number of hydrogen-bond donors (Lipinski definition) is 1. The van der Waals surface area contributed by atoms with Crippen molar-refractivity contribution in [2.45, 2.75) is 69.6 Å². The molecule has 0 spiro atoms. The molecular weight excluding hydrogens is 423 g/mol. The first-order valence-corrected chi connectivity index (χ1v) is 12.7. The van der Waals surface area contributed by atoms with Gasteiger partial charge in [0.15, 0.2) is 0 Å². The fourth-order valence-electron chi connectivity index (χ4n) is 6.24. The predicted octanol–water partition coefficient (Wildman–Crippen LogP) is 5.91. The first-order chi connectivity index (χ1) is 16.6. The van der Waals surface area contributed by atoms with E-state index in [-0.39, 0.29) is 17.8 Å². The number of aryl methyl sites for hydroxylation is 1. The quantitative estimate of drug-likeness (QED) is 0.520. The minimum absolute atomic E-state index is 0.0276. The summed E-state index contributed by atoms with van der Waals surface area (Å²) < 4.78 is 13.2. The summed E-state index contributed by atoms with van der Waals surface area (Å²) in [6, 6.07) is 22.8. The summed E-state index contributed by atoms with van der Waals surface area (Å²) in [4.78, 5) is 15.6. The Morgan fingerprint density at radius 2 is 1.47 bits per heavy atom. The minimum atomic E-state index is -0.247. The molecular formula is C30H31FN2O. The van der Waals surface area contributed by atoms with Gasteiger partial charge in [-0.05, 0) is 97.0 Å². The van der Waals surface area contributed by atoms with Crippen LogP contribution in [0.15, 0.2) is 66.7 Å². The number of amides is 1. The second-order valence-corrected chi connectivity index (χ2v) is 10.2. The average molecular weight is 455 g/mol. The number of fused-ring (bicyclic) bond motifs is 3. The van der Waals surface area contributed by atoms with Crippen molar-refractivity contribution < 1.29 is 9.18 Å². The number of carbonyl (C=O) groups excluding carboxylic acids is 1. The van der Waals surface area contributed by atoms with Crippen LogP contribution < -0.4 is 5.32 Å². The SMILES string of the molecule is O=C(NC1CCc2cc(CN3C4CCC3CC4)ccc2C1)c1ccc(-c2ccc(F)cc2)cc1. The Labute approximate surface area is 201 Å². The summed E-state index contributed by atoms with van der Waals surface area (Å²) in [7, 11) is 0. The molecule has 174 valence electrons. The number of nitrogens with zero attached hydrogens (tertiary/aromatic N) is 1. The number of rotatable bonds is 5. The van der Waals surface area contributed by atoms with Crippen molar-refractivity contribution in [2.24, 2.45) is 0 Å². The molecule has 1 atom stereocenters. The van der Waals surface area contributed by atoms with Crippen LogP contribution >= 0.6 is 0 Å². The molecule has 2 saturated heterocycles. The molecule has 3 nitrogen and oxygen atoms in total. The monoisotopic (exact) mass is 454 g/mol. The van der Waals surface area contributed by atoms with Crippen molar-refractivity contribution in [3.8, 4) is 11.1 Å². The fourth-order valence-corrected chi connectivity index (χ4v) is 6.24. The van der Waals surface area contributed by atoms with Crippen LogP contribution in [0.4, 0.5) is 4.39 Å². The second-order valence-electron chi connectivity index (χ2n) is 10.2. The topological polar surface area (TPSA) is 32.3 Å².